The number of non-ortho nitro benzene ring substituents is 1. The number of rotatable bonds is 8. The fourth-order valence-electron chi connectivity index (χ4n) is 5.53. The van der Waals surface area contributed by atoms with Crippen molar-refractivity contribution in [3.63, 3.8) is 0 Å². The predicted molar refractivity (Wildman–Crippen MR) is 142 cm³/mol. The summed E-state index contributed by atoms with van der Waals surface area (Å²) in [4.78, 5) is 47.8. The minimum absolute atomic E-state index is 0.0674. The molecule has 11 nitrogen and oxygen atoms in total. The summed E-state index contributed by atoms with van der Waals surface area (Å²) in [5.41, 5.74) is 1.10. The summed E-state index contributed by atoms with van der Waals surface area (Å²) in [6.45, 7) is 3.81. The van der Waals surface area contributed by atoms with Crippen LogP contribution in [-0.4, -0.2) is 28.5 Å². The number of carbonyl (C=O) groups excluding carboxylic acids is 2. The zero-order valence-corrected chi connectivity index (χ0v) is 21.8. The molecule has 5 rings (SSSR count). The summed E-state index contributed by atoms with van der Waals surface area (Å²) in [6, 6.07) is 6.55. The quantitative estimate of drug-likeness (QED) is 0.215. The fourth-order valence-corrected chi connectivity index (χ4v) is 5.53. The summed E-state index contributed by atoms with van der Waals surface area (Å²) in [5.74, 6) is 0.580. The van der Waals surface area contributed by atoms with Crippen LogP contribution >= 0.6 is 0 Å². The van der Waals surface area contributed by atoms with Crippen molar-refractivity contribution >= 4 is 22.9 Å². The van der Waals surface area contributed by atoms with Crippen molar-refractivity contribution in [3.05, 3.63) is 97.0 Å². The predicted octanol–water partition coefficient (Wildman–Crippen LogP) is 6.16. The van der Waals surface area contributed by atoms with Crippen molar-refractivity contribution in [2.75, 3.05) is 7.11 Å². The molecule has 0 unspecified atom stereocenters. The number of allylic oxidation sites excluding steroid dienone is 5. The summed E-state index contributed by atoms with van der Waals surface area (Å²) in [7, 11) is 1.41. The zero-order chi connectivity index (χ0) is 28.6. The average molecular weight is 547 g/mol. The Balaban J connectivity index is 1.67. The lowest BCUT2D eigenvalue weighted by molar-refractivity contribution is -0.394. The SMILES string of the molecule is C=CCc1cc(C2C3=C(CCCC3=O)OC3=C2C(=O)CCC3)cc(OC)c1Oc1ccc([N+](=O)[O-])cc1[N+](=O)[O-]. The second-order valence-electron chi connectivity index (χ2n) is 9.73. The molecule has 1 aliphatic heterocycles. The molecule has 40 heavy (non-hydrogen) atoms. The van der Waals surface area contributed by atoms with Gasteiger partial charge in [0.2, 0.25) is 5.75 Å². The van der Waals surface area contributed by atoms with Gasteiger partial charge in [-0.3, -0.25) is 29.8 Å². The first-order valence-electron chi connectivity index (χ1n) is 12.9. The average Bonchev–Trinajstić information content (AvgIpc) is 2.93. The number of nitro groups is 2. The maximum atomic E-state index is 13.2. The van der Waals surface area contributed by atoms with Gasteiger partial charge in [0.25, 0.3) is 5.69 Å². The third kappa shape index (κ3) is 4.74. The van der Waals surface area contributed by atoms with Gasteiger partial charge in [-0.2, -0.15) is 0 Å². The molecule has 0 spiro atoms. The van der Waals surface area contributed by atoms with E-state index in [1.165, 1.54) is 7.11 Å². The highest BCUT2D eigenvalue weighted by Crippen LogP contribution is 2.50. The van der Waals surface area contributed by atoms with Crippen LogP contribution in [0.5, 0.6) is 17.2 Å². The van der Waals surface area contributed by atoms with E-state index >= 15 is 0 Å². The Morgan fingerprint density at radius 1 is 0.950 bits per heavy atom. The van der Waals surface area contributed by atoms with Gasteiger partial charge in [-0.05, 0) is 37.0 Å². The van der Waals surface area contributed by atoms with E-state index in [1.54, 1.807) is 18.2 Å². The topological polar surface area (TPSA) is 148 Å². The first-order chi connectivity index (χ1) is 19.2. The van der Waals surface area contributed by atoms with E-state index in [0.717, 1.165) is 18.2 Å². The number of ether oxygens (including phenoxy) is 3. The third-order valence-electron chi connectivity index (χ3n) is 7.27. The van der Waals surface area contributed by atoms with E-state index in [-0.39, 0.29) is 35.2 Å². The molecule has 0 saturated carbocycles. The summed E-state index contributed by atoms with van der Waals surface area (Å²) < 4.78 is 17.8. The smallest absolute Gasteiger partial charge is 0.318 e. The van der Waals surface area contributed by atoms with Gasteiger partial charge in [0, 0.05) is 54.4 Å². The molecule has 2 aliphatic carbocycles. The van der Waals surface area contributed by atoms with Crippen molar-refractivity contribution in [3.8, 4) is 17.2 Å². The Bertz CT molecular complexity index is 1490. The van der Waals surface area contributed by atoms with Gasteiger partial charge in [0.15, 0.2) is 23.1 Å². The number of hydrogen-bond donors (Lipinski definition) is 0. The molecule has 0 fully saturated rings. The number of nitro benzene ring substituents is 2. The minimum atomic E-state index is -0.760. The number of methoxy groups -OCH3 is 1. The Labute approximate surface area is 229 Å². The van der Waals surface area contributed by atoms with Crippen LogP contribution in [-0.2, 0) is 20.7 Å². The highest BCUT2D eigenvalue weighted by atomic mass is 16.6. The number of Topliss-reactive ketones (excluding diaryl/α,β-unsaturated/α-hetero) is 2. The summed E-state index contributed by atoms with van der Waals surface area (Å²) in [5, 5.41) is 22.9. The molecule has 0 bridgehead atoms. The standard InChI is InChI=1S/C29H26N2O9/c1-3-6-16-13-17(26-27-20(32)7-4-9-23(27)39-24-10-5-8-21(33)28(24)26)14-25(38-2)29(16)40-22-12-11-18(30(34)35)15-19(22)31(36)37/h3,11-15,26H,1,4-10H2,2H3. The van der Waals surface area contributed by atoms with E-state index < -0.39 is 27.1 Å². The lowest BCUT2D eigenvalue weighted by Crippen LogP contribution is -2.30. The first-order valence-corrected chi connectivity index (χ1v) is 12.9. The van der Waals surface area contributed by atoms with Crippen LogP contribution in [0.1, 0.15) is 55.6 Å². The molecule has 0 atom stereocenters. The second-order valence-corrected chi connectivity index (χ2v) is 9.73. The van der Waals surface area contributed by atoms with Gasteiger partial charge in [0.1, 0.15) is 11.5 Å². The molecule has 0 N–H and O–H groups in total. The van der Waals surface area contributed by atoms with Crippen LogP contribution in [0.15, 0.2) is 65.7 Å². The van der Waals surface area contributed by atoms with Gasteiger partial charge in [-0.15, -0.1) is 6.58 Å². The van der Waals surface area contributed by atoms with Crippen molar-refractivity contribution < 1.29 is 33.6 Å². The molecule has 0 amide bonds. The number of hydrogen-bond acceptors (Lipinski definition) is 9. The Morgan fingerprint density at radius 3 is 2.15 bits per heavy atom. The van der Waals surface area contributed by atoms with Gasteiger partial charge in [0.05, 0.1) is 23.0 Å². The van der Waals surface area contributed by atoms with Crippen molar-refractivity contribution in [2.24, 2.45) is 0 Å². The Kier molecular flexibility index (Phi) is 7.20. The van der Waals surface area contributed by atoms with E-state index in [2.05, 4.69) is 6.58 Å². The maximum Gasteiger partial charge on any atom is 0.318 e. The molecular weight excluding hydrogens is 520 g/mol. The number of nitrogens with zero attached hydrogens (tertiary/aromatic N) is 2. The van der Waals surface area contributed by atoms with Crippen LogP contribution in [0.2, 0.25) is 0 Å². The Hall–Kier alpha value is -4.80. The normalized spacial score (nSPS) is 17.1. The third-order valence-corrected chi connectivity index (χ3v) is 7.27. The lowest BCUT2D eigenvalue weighted by Gasteiger charge is -2.36. The molecule has 3 aliphatic rings. The van der Waals surface area contributed by atoms with Crippen molar-refractivity contribution in [1.82, 2.24) is 0 Å². The van der Waals surface area contributed by atoms with Crippen LogP contribution in [0, 0.1) is 20.2 Å². The largest absolute Gasteiger partial charge is 0.493 e. The number of ketones is 2. The highest BCUT2D eigenvalue weighted by Gasteiger charge is 2.42. The molecule has 0 radical (unpaired) electrons. The van der Waals surface area contributed by atoms with Crippen LogP contribution in [0.3, 0.4) is 0 Å². The van der Waals surface area contributed by atoms with Crippen molar-refractivity contribution in [2.45, 2.75) is 50.9 Å². The minimum Gasteiger partial charge on any atom is -0.493 e. The molecule has 2 aromatic rings. The van der Waals surface area contributed by atoms with Gasteiger partial charge >= 0.3 is 5.69 Å². The van der Waals surface area contributed by atoms with E-state index in [1.807, 2.05) is 0 Å². The highest BCUT2D eigenvalue weighted by molar-refractivity contribution is 6.05. The van der Waals surface area contributed by atoms with Crippen LogP contribution < -0.4 is 9.47 Å². The van der Waals surface area contributed by atoms with E-state index in [9.17, 15) is 29.8 Å². The molecule has 0 aromatic heterocycles. The first kappa shape index (κ1) is 26.8. The summed E-state index contributed by atoms with van der Waals surface area (Å²) >= 11 is 0. The monoisotopic (exact) mass is 546 g/mol. The van der Waals surface area contributed by atoms with Crippen LogP contribution in [0.25, 0.3) is 0 Å². The Morgan fingerprint density at radius 2 is 1.60 bits per heavy atom. The molecule has 11 heteroatoms. The lowest BCUT2D eigenvalue weighted by atomic mass is 9.73. The van der Waals surface area contributed by atoms with Crippen molar-refractivity contribution in [1.29, 1.82) is 0 Å². The molecular formula is C29H26N2O9. The molecule has 206 valence electrons. The van der Waals surface area contributed by atoms with E-state index in [0.29, 0.717) is 72.3 Å². The van der Waals surface area contributed by atoms with Crippen LogP contribution in [0.4, 0.5) is 11.4 Å². The molecule has 2 aromatic carbocycles. The maximum absolute atomic E-state index is 13.2. The number of carbonyl (C=O) groups is 2. The molecule has 1 heterocycles. The van der Waals surface area contributed by atoms with E-state index in [4.69, 9.17) is 14.2 Å². The number of benzene rings is 2. The molecule has 0 saturated heterocycles. The fraction of sp³-hybridized carbons (Fsp3) is 0.310. The van der Waals surface area contributed by atoms with Gasteiger partial charge in [-0.25, -0.2) is 0 Å². The van der Waals surface area contributed by atoms with Gasteiger partial charge < -0.3 is 14.2 Å². The summed E-state index contributed by atoms with van der Waals surface area (Å²) in [6.07, 6.45) is 5.15. The second kappa shape index (κ2) is 10.8. The zero-order valence-electron chi connectivity index (χ0n) is 21.8. The van der Waals surface area contributed by atoms with Gasteiger partial charge in [-0.1, -0.05) is 12.1 Å².